The summed E-state index contributed by atoms with van der Waals surface area (Å²) in [5, 5.41) is 9.12. The first-order chi connectivity index (χ1) is 13.7. The Balaban J connectivity index is 1.45. The summed E-state index contributed by atoms with van der Waals surface area (Å²) in [7, 11) is 0. The largest absolute Gasteiger partial charge is 0.459 e. The van der Waals surface area contributed by atoms with Crippen molar-refractivity contribution in [2.45, 2.75) is 24.9 Å². The Kier molecular flexibility index (Phi) is 5.10. The summed E-state index contributed by atoms with van der Waals surface area (Å²) in [5.74, 6) is -0.0938. The summed E-state index contributed by atoms with van der Waals surface area (Å²) in [5.41, 5.74) is 2.33. The molecule has 1 saturated carbocycles. The van der Waals surface area contributed by atoms with Crippen LogP contribution in [0.5, 0.6) is 0 Å². The number of carbonyl (C=O) groups is 2. The lowest BCUT2D eigenvalue weighted by molar-refractivity contribution is -0.122. The van der Waals surface area contributed by atoms with Crippen molar-refractivity contribution < 1.29 is 14.0 Å². The van der Waals surface area contributed by atoms with Gasteiger partial charge < -0.3 is 20.4 Å². The third-order valence-corrected chi connectivity index (χ3v) is 4.52. The van der Waals surface area contributed by atoms with Crippen LogP contribution < -0.4 is 16.0 Å². The molecule has 2 aromatic carbocycles. The summed E-state index contributed by atoms with van der Waals surface area (Å²) in [6.45, 7) is 0. The van der Waals surface area contributed by atoms with Gasteiger partial charge in [0.25, 0.3) is 5.91 Å². The normalized spacial score (nSPS) is 14.1. The molecule has 1 aliphatic rings. The Morgan fingerprint density at radius 1 is 0.893 bits per heavy atom. The first-order valence-corrected chi connectivity index (χ1v) is 9.26. The van der Waals surface area contributed by atoms with Gasteiger partial charge in [-0.1, -0.05) is 30.3 Å². The fourth-order valence-electron chi connectivity index (χ4n) is 2.87. The lowest BCUT2D eigenvalue weighted by Crippen LogP contribution is -2.34. The van der Waals surface area contributed by atoms with Crippen molar-refractivity contribution >= 4 is 23.2 Å². The number of nitrogens with one attached hydrogen (secondary N) is 3. The minimum absolute atomic E-state index is 0.0381. The van der Waals surface area contributed by atoms with E-state index in [0.717, 1.165) is 24.1 Å². The van der Waals surface area contributed by atoms with Crippen LogP contribution in [-0.4, -0.2) is 17.9 Å². The number of rotatable bonds is 7. The smallest absolute Gasteiger partial charge is 0.291 e. The summed E-state index contributed by atoms with van der Waals surface area (Å²) in [6.07, 6.45) is 3.53. The second-order valence-corrected chi connectivity index (χ2v) is 6.78. The molecular weight excluding hydrogens is 354 g/mol. The van der Waals surface area contributed by atoms with Crippen LogP contribution in [0.15, 0.2) is 77.4 Å². The van der Waals surface area contributed by atoms with Gasteiger partial charge in [0.15, 0.2) is 5.76 Å². The summed E-state index contributed by atoms with van der Waals surface area (Å²) in [6, 6.07) is 19.9. The summed E-state index contributed by atoms with van der Waals surface area (Å²) < 4.78 is 5.09. The molecule has 1 heterocycles. The molecule has 1 atom stereocenters. The zero-order valence-electron chi connectivity index (χ0n) is 15.2. The molecule has 1 aromatic heterocycles. The zero-order valence-corrected chi connectivity index (χ0v) is 15.2. The van der Waals surface area contributed by atoms with E-state index in [0.29, 0.717) is 11.7 Å². The minimum Gasteiger partial charge on any atom is -0.459 e. The first-order valence-electron chi connectivity index (χ1n) is 9.26. The Morgan fingerprint density at radius 2 is 1.61 bits per heavy atom. The van der Waals surface area contributed by atoms with Crippen molar-refractivity contribution in [3.8, 4) is 0 Å². The molecule has 6 nitrogen and oxygen atoms in total. The zero-order chi connectivity index (χ0) is 19.3. The number of hydrogen-bond donors (Lipinski definition) is 3. The third-order valence-electron chi connectivity index (χ3n) is 4.52. The fraction of sp³-hybridized carbons (Fsp3) is 0.182. The molecular formula is C22H21N3O3. The van der Waals surface area contributed by atoms with E-state index in [2.05, 4.69) is 16.0 Å². The molecule has 1 aliphatic carbocycles. The Labute approximate surface area is 162 Å². The van der Waals surface area contributed by atoms with E-state index in [1.54, 1.807) is 24.3 Å². The molecule has 3 aromatic rings. The predicted octanol–water partition coefficient (Wildman–Crippen LogP) is 3.96. The quantitative estimate of drug-likeness (QED) is 0.584. The fourth-order valence-corrected chi connectivity index (χ4v) is 2.87. The van der Waals surface area contributed by atoms with Crippen molar-refractivity contribution in [2.24, 2.45) is 0 Å². The van der Waals surface area contributed by atoms with Gasteiger partial charge in [0.05, 0.1) is 6.26 Å². The molecule has 0 aliphatic heterocycles. The second-order valence-electron chi connectivity index (χ2n) is 6.78. The van der Waals surface area contributed by atoms with E-state index in [1.165, 1.54) is 6.26 Å². The van der Waals surface area contributed by atoms with Gasteiger partial charge in [0, 0.05) is 17.4 Å². The van der Waals surface area contributed by atoms with Gasteiger partial charge in [-0.25, -0.2) is 0 Å². The van der Waals surface area contributed by atoms with Crippen molar-refractivity contribution in [1.82, 2.24) is 5.32 Å². The highest BCUT2D eigenvalue weighted by Crippen LogP contribution is 2.24. The van der Waals surface area contributed by atoms with E-state index in [-0.39, 0.29) is 17.6 Å². The van der Waals surface area contributed by atoms with Gasteiger partial charge in [-0.2, -0.15) is 0 Å². The maximum Gasteiger partial charge on any atom is 0.291 e. The lowest BCUT2D eigenvalue weighted by atomic mass is 10.1. The highest BCUT2D eigenvalue weighted by molar-refractivity contribution is 6.02. The maximum atomic E-state index is 12.7. The van der Waals surface area contributed by atoms with Crippen LogP contribution in [0.2, 0.25) is 0 Å². The first kappa shape index (κ1) is 17.9. The molecule has 0 saturated heterocycles. The highest BCUT2D eigenvalue weighted by Gasteiger charge is 2.28. The van der Waals surface area contributed by atoms with Crippen LogP contribution in [-0.2, 0) is 4.79 Å². The molecule has 0 radical (unpaired) electrons. The number of amides is 2. The molecule has 28 heavy (non-hydrogen) atoms. The van der Waals surface area contributed by atoms with Gasteiger partial charge in [-0.15, -0.1) is 0 Å². The van der Waals surface area contributed by atoms with Crippen LogP contribution in [0.4, 0.5) is 11.4 Å². The topological polar surface area (TPSA) is 83.4 Å². The number of hydrogen-bond acceptors (Lipinski definition) is 4. The molecule has 142 valence electrons. The monoisotopic (exact) mass is 375 g/mol. The highest BCUT2D eigenvalue weighted by atomic mass is 16.3. The van der Waals surface area contributed by atoms with Crippen molar-refractivity contribution in [3.63, 3.8) is 0 Å². The second kappa shape index (κ2) is 8.00. The van der Waals surface area contributed by atoms with Crippen LogP contribution in [0, 0.1) is 0 Å². The number of furan rings is 1. The van der Waals surface area contributed by atoms with Gasteiger partial charge in [0.1, 0.15) is 6.04 Å². The molecule has 2 amide bonds. The molecule has 0 bridgehead atoms. The van der Waals surface area contributed by atoms with Gasteiger partial charge >= 0.3 is 0 Å². The Morgan fingerprint density at radius 3 is 2.25 bits per heavy atom. The molecule has 1 fully saturated rings. The lowest BCUT2D eigenvalue weighted by Gasteiger charge is -2.20. The van der Waals surface area contributed by atoms with E-state index >= 15 is 0 Å². The summed E-state index contributed by atoms with van der Waals surface area (Å²) in [4.78, 5) is 24.7. The average Bonchev–Trinajstić information content (AvgIpc) is 3.35. The Hall–Kier alpha value is -3.54. The minimum atomic E-state index is -0.481. The van der Waals surface area contributed by atoms with E-state index in [1.807, 2.05) is 42.5 Å². The summed E-state index contributed by atoms with van der Waals surface area (Å²) >= 11 is 0. The van der Waals surface area contributed by atoms with Crippen molar-refractivity contribution in [3.05, 3.63) is 84.3 Å². The third kappa shape index (κ3) is 4.40. The number of carbonyl (C=O) groups excluding carboxylic acids is 2. The molecule has 0 unspecified atom stereocenters. The van der Waals surface area contributed by atoms with Crippen molar-refractivity contribution in [1.29, 1.82) is 0 Å². The standard InChI is InChI=1S/C22H21N3O3/c26-21(19-7-4-14-28-19)24-17-10-8-16(9-11-17)23-20(15-5-2-1-3-6-15)22(27)25-18-12-13-18/h1-11,14,18,20,23H,12-13H2,(H,24,26)(H,25,27)/t20-/m1/s1. The average molecular weight is 375 g/mol. The SMILES string of the molecule is O=C(Nc1ccc(N[C@@H](C(=O)NC2CC2)c2ccccc2)cc1)c1ccco1. The molecule has 6 heteroatoms. The van der Waals surface area contributed by atoms with E-state index in [4.69, 9.17) is 4.42 Å². The maximum absolute atomic E-state index is 12.7. The predicted molar refractivity (Wildman–Crippen MR) is 107 cm³/mol. The number of anilines is 2. The Bertz CT molecular complexity index is 933. The van der Waals surface area contributed by atoms with Crippen LogP contribution >= 0.6 is 0 Å². The van der Waals surface area contributed by atoms with Crippen LogP contribution in [0.25, 0.3) is 0 Å². The van der Waals surface area contributed by atoms with Crippen LogP contribution in [0.1, 0.15) is 35.0 Å². The number of benzene rings is 2. The van der Waals surface area contributed by atoms with Gasteiger partial charge in [-0.05, 0) is 54.8 Å². The molecule has 0 spiro atoms. The van der Waals surface area contributed by atoms with Gasteiger partial charge in [-0.3, -0.25) is 9.59 Å². The molecule has 4 rings (SSSR count). The van der Waals surface area contributed by atoms with E-state index < -0.39 is 6.04 Å². The van der Waals surface area contributed by atoms with E-state index in [9.17, 15) is 9.59 Å². The molecule has 3 N–H and O–H groups in total. The van der Waals surface area contributed by atoms with Gasteiger partial charge in [0.2, 0.25) is 5.91 Å². The van der Waals surface area contributed by atoms with Crippen LogP contribution in [0.3, 0.4) is 0 Å². The van der Waals surface area contributed by atoms with Crippen molar-refractivity contribution in [2.75, 3.05) is 10.6 Å².